The van der Waals surface area contributed by atoms with Crippen molar-refractivity contribution < 1.29 is 14.0 Å². The summed E-state index contributed by atoms with van der Waals surface area (Å²) in [5.74, 6) is -0.470. The molecule has 2 aromatic heterocycles. The molecule has 1 aliphatic rings. The molecule has 0 aliphatic heterocycles. The Morgan fingerprint density at radius 2 is 2.14 bits per heavy atom. The average Bonchev–Trinajstić information content (AvgIpc) is 3.20. The lowest BCUT2D eigenvalue weighted by atomic mass is 10.2. The molecule has 0 radical (unpaired) electrons. The lowest BCUT2D eigenvalue weighted by Crippen LogP contribution is -2.42. The van der Waals surface area contributed by atoms with Gasteiger partial charge < -0.3 is 4.42 Å². The number of hydrogen-bond acceptors (Lipinski definition) is 4. The molecule has 2 amide bonds. The summed E-state index contributed by atoms with van der Waals surface area (Å²) in [6, 6.07) is 7.33. The predicted octanol–water partition coefficient (Wildman–Crippen LogP) is 1.55. The number of pyridine rings is 1. The van der Waals surface area contributed by atoms with Gasteiger partial charge in [-0.1, -0.05) is 6.07 Å². The van der Waals surface area contributed by atoms with Crippen molar-refractivity contribution >= 4 is 11.8 Å². The second kappa shape index (κ2) is 5.40. The number of nitrogens with zero attached hydrogens (tertiary/aromatic N) is 1. The van der Waals surface area contributed by atoms with Crippen molar-refractivity contribution in [2.75, 3.05) is 0 Å². The number of aromatic nitrogens is 1. The number of furan rings is 1. The quantitative estimate of drug-likeness (QED) is 0.838. The summed E-state index contributed by atoms with van der Waals surface area (Å²) in [7, 11) is 0. The average molecular weight is 285 g/mol. The minimum atomic E-state index is -0.458. The molecule has 6 nitrogen and oxygen atoms in total. The van der Waals surface area contributed by atoms with Crippen LogP contribution in [0.1, 0.15) is 34.2 Å². The van der Waals surface area contributed by atoms with Gasteiger partial charge in [-0.2, -0.15) is 0 Å². The van der Waals surface area contributed by atoms with Crippen LogP contribution < -0.4 is 10.9 Å². The molecule has 6 heteroatoms. The molecule has 21 heavy (non-hydrogen) atoms. The minimum Gasteiger partial charge on any atom is -0.459 e. The highest BCUT2D eigenvalue weighted by Gasteiger charge is 2.45. The fraction of sp³-hybridized carbons (Fsp3) is 0.267. The van der Waals surface area contributed by atoms with E-state index < -0.39 is 5.91 Å². The first-order chi connectivity index (χ1) is 10.2. The molecule has 108 valence electrons. The van der Waals surface area contributed by atoms with Crippen molar-refractivity contribution in [1.29, 1.82) is 0 Å². The molecular weight excluding hydrogens is 270 g/mol. The number of rotatable bonds is 3. The van der Waals surface area contributed by atoms with Crippen LogP contribution in [0, 0.1) is 12.8 Å². The Hall–Kier alpha value is -2.63. The molecule has 2 atom stereocenters. The molecule has 0 spiro atoms. The second-order valence-corrected chi connectivity index (χ2v) is 5.08. The third kappa shape index (κ3) is 2.79. The number of carbonyl (C=O) groups is 2. The van der Waals surface area contributed by atoms with E-state index in [2.05, 4.69) is 15.8 Å². The smallest absolute Gasteiger partial charge is 0.305 e. The van der Waals surface area contributed by atoms with E-state index in [0.29, 0.717) is 0 Å². The van der Waals surface area contributed by atoms with E-state index in [0.717, 1.165) is 17.7 Å². The number of amides is 2. The highest BCUT2D eigenvalue weighted by molar-refractivity contribution is 5.94. The van der Waals surface area contributed by atoms with Gasteiger partial charge in [-0.25, -0.2) is 0 Å². The lowest BCUT2D eigenvalue weighted by Gasteiger charge is -2.06. The van der Waals surface area contributed by atoms with Crippen molar-refractivity contribution in [3.05, 3.63) is 53.7 Å². The Labute approximate surface area is 121 Å². The van der Waals surface area contributed by atoms with E-state index in [1.54, 1.807) is 19.2 Å². The molecule has 0 bridgehead atoms. The van der Waals surface area contributed by atoms with E-state index in [-0.39, 0.29) is 23.5 Å². The van der Waals surface area contributed by atoms with Crippen LogP contribution in [0.15, 0.2) is 41.1 Å². The minimum absolute atomic E-state index is 0.133. The van der Waals surface area contributed by atoms with E-state index in [1.807, 2.05) is 18.2 Å². The molecule has 0 saturated heterocycles. The lowest BCUT2D eigenvalue weighted by molar-refractivity contribution is -0.123. The Morgan fingerprint density at radius 3 is 2.81 bits per heavy atom. The van der Waals surface area contributed by atoms with Crippen molar-refractivity contribution in [3.8, 4) is 0 Å². The maximum Gasteiger partial charge on any atom is 0.305 e. The molecule has 1 fully saturated rings. The first-order valence-corrected chi connectivity index (χ1v) is 6.72. The zero-order valence-corrected chi connectivity index (χ0v) is 11.5. The third-order valence-corrected chi connectivity index (χ3v) is 3.56. The predicted molar refractivity (Wildman–Crippen MR) is 74.1 cm³/mol. The van der Waals surface area contributed by atoms with Gasteiger partial charge in [0.15, 0.2) is 5.76 Å². The fourth-order valence-corrected chi connectivity index (χ4v) is 2.28. The van der Waals surface area contributed by atoms with Gasteiger partial charge in [0, 0.05) is 29.3 Å². The SMILES string of the molecule is Cc1ccoc1C(=O)NNC(=O)[C@@H]1C[C@H]1c1ccccn1. The number of aryl methyl sites for hydroxylation is 1. The largest absolute Gasteiger partial charge is 0.459 e. The molecule has 1 saturated carbocycles. The number of carbonyl (C=O) groups excluding carboxylic acids is 2. The number of hydrogen-bond donors (Lipinski definition) is 2. The summed E-state index contributed by atoms with van der Waals surface area (Å²) in [5, 5.41) is 0. The summed E-state index contributed by atoms with van der Waals surface area (Å²) < 4.78 is 5.05. The van der Waals surface area contributed by atoms with Crippen molar-refractivity contribution in [2.45, 2.75) is 19.3 Å². The zero-order chi connectivity index (χ0) is 14.8. The van der Waals surface area contributed by atoms with E-state index >= 15 is 0 Å². The highest BCUT2D eigenvalue weighted by atomic mass is 16.3. The number of nitrogens with one attached hydrogen (secondary N) is 2. The summed E-state index contributed by atoms with van der Waals surface area (Å²) in [6.07, 6.45) is 3.90. The Morgan fingerprint density at radius 1 is 1.29 bits per heavy atom. The topological polar surface area (TPSA) is 84.2 Å². The van der Waals surface area contributed by atoms with E-state index in [9.17, 15) is 9.59 Å². The molecule has 0 unspecified atom stereocenters. The van der Waals surface area contributed by atoms with Crippen LogP contribution in [0.4, 0.5) is 0 Å². The standard InChI is InChI=1S/C15H15N3O3/c1-9-5-7-21-13(9)15(20)18-17-14(19)11-8-10(11)12-4-2-3-6-16-12/h2-7,10-11H,8H2,1H3,(H,17,19)(H,18,20)/t10-,11-/m1/s1. The van der Waals surface area contributed by atoms with Crippen LogP contribution in [0.5, 0.6) is 0 Å². The first kappa shape index (κ1) is 13.4. The fourth-order valence-electron chi connectivity index (χ4n) is 2.28. The van der Waals surface area contributed by atoms with Crippen molar-refractivity contribution in [1.82, 2.24) is 15.8 Å². The van der Waals surface area contributed by atoms with Crippen LogP contribution in [0.3, 0.4) is 0 Å². The molecule has 2 aromatic rings. The summed E-state index contributed by atoms with van der Waals surface area (Å²) >= 11 is 0. The van der Waals surface area contributed by atoms with Crippen LogP contribution in [-0.4, -0.2) is 16.8 Å². The molecule has 0 aromatic carbocycles. The normalized spacial score (nSPS) is 19.9. The van der Waals surface area contributed by atoms with Gasteiger partial charge >= 0.3 is 5.91 Å². The highest BCUT2D eigenvalue weighted by Crippen LogP contribution is 2.46. The summed E-state index contributed by atoms with van der Waals surface area (Å²) in [5.41, 5.74) is 6.43. The molecule has 2 heterocycles. The third-order valence-electron chi connectivity index (χ3n) is 3.56. The van der Waals surface area contributed by atoms with Crippen molar-refractivity contribution in [2.24, 2.45) is 5.92 Å². The summed E-state index contributed by atoms with van der Waals surface area (Å²) in [4.78, 5) is 28.0. The van der Waals surface area contributed by atoms with Gasteiger partial charge in [0.1, 0.15) is 0 Å². The molecule has 2 N–H and O–H groups in total. The molecular formula is C15H15N3O3. The van der Waals surface area contributed by atoms with E-state index in [4.69, 9.17) is 4.42 Å². The molecule has 1 aliphatic carbocycles. The zero-order valence-electron chi connectivity index (χ0n) is 11.5. The molecule has 3 rings (SSSR count). The van der Waals surface area contributed by atoms with Crippen LogP contribution >= 0.6 is 0 Å². The second-order valence-electron chi connectivity index (χ2n) is 5.08. The number of hydrazine groups is 1. The van der Waals surface area contributed by atoms with Gasteiger partial charge in [0.05, 0.1) is 6.26 Å². The Kier molecular flexibility index (Phi) is 3.43. The monoisotopic (exact) mass is 285 g/mol. The van der Waals surface area contributed by atoms with E-state index in [1.165, 1.54) is 6.26 Å². The first-order valence-electron chi connectivity index (χ1n) is 6.72. The van der Waals surface area contributed by atoms with Crippen LogP contribution in [0.2, 0.25) is 0 Å². The maximum absolute atomic E-state index is 12.0. The van der Waals surface area contributed by atoms with Gasteiger partial charge in [0.2, 0.25) is 5.91 Å². The Balaban J connectivity index is 1.52. The van der Waals surface area contributed by atoms with Crippen LogP contribution in [0.25, 0.3) is 0 Å². The van der Waals surface area contributed by atoms with Gasteiger partial charge in [0.25, 0.3) is 0 Å². The van der Waals surface area contributed by atoms with Gasteiger partial charge in [-0.15, -0.1) is 0 Å². The van der Waals surface area contributed by atoms with Crippen molar-refractivity contribution in [3.63, 3.8) is 0 Å². The van der Waals surface area contributed by atoms with Crippen LogP contribution in [-0.2, 0) is 4.79 Å². The van der Waals surface area contributed by atoms with Gasteiger partial charge in [-0.05, 0) is 31.5 Å². The maximum atomic E-state index is 12.0. The van der Waals surface area contributed by atoms with Gasteiger partial charge in [-0.3, -0.25) is 25.4 Å². The summed E-state index contributed by atoms with van der Waals surface area (Å²) in [6.45, 7) is 1.76. The Bertz CT molecular complexity index is 666.